The highest BCUT2D eigenvalue weighted by Crippen LogP contribution is 2.28. The van der Waals surface area contributed by atoms with Gasteiger partial charge in [-0.3, -0.25) is 4.90 Å². The number of aliphatic hydroxyl groups is 1. The lowest BCUT2D eigenvalue weighted by molar-refractivity contribution is 0.0409. The van der Waals surface area contributed by atoms with Crippen LogP contribution in [0.2, 0.25) is 0 Å². The van der Waals surface area contributed by atoms with Crippen LogP contribution in [0.1, 0.15) is 32.1 Å². The summed E-state index contributed by atoms with van der Waals surface area (Å²) >= 11 is 0. The molecule has 0 aromatic heterocycles. The normalized spacial score (nSPS) is 27.3. The van der Waals surface area contributed by atoms with Gasteiger partial charge in [-0.25, -0.2) is 0 Å². The molecule has 3 heteroatoms. The van der Waals surface area contributed by atoms with Gasteiger partial charge in [-0.1, -0.05) is 31.4 Å². The second-order valence-corrected chi connectivity index (χ2v) is 4.98. The molecule has 1 saturated carbocycles. The second kappa shape index (κ2) is 5.80. The van der Waals surface area contributed by atoms with E-state index in [9.17, 15) is 5.11 Å². The standard InChI is InChI=1S/C13H23NO2/c15-13(5-2-1-3-6-13)7-4-8-14-9-11-16-12-10-14/h4,7,15H,1-3,5-6,8-12H2/b7-4+. The first-order valence-electron chi connectivity index (χ1n) is 6.49. The molecule has 1 aliphatic carbocycles. The number of nitrogens with zero attached hydrogens (tertiary/aromatic N) is 1. The van der Waals surface area contributed by atoms with E-state index in [4.69, 9.17) is 4.74 Å². The molecule has 1 aliphatic heterocycles. The van der Waals surface area contributed by atoms with Gasteiger partial charge in [-0.05, 0) is 12.8 Å². The number of rotatable bonds is 3. The molecule has 2 rings (SSSR count). The second-order valence-electron chi connectivity index (χ2n) is 4.98. The number of ether oxygens (including phenoxy) is 1. The molecule has 3 nitrogen and oxygen atoms in total. The van der Waals surface area contributed by atoms with Gasteiger partial charge in [-0.15, -0.1) is 0 Å². The van der Waals surface area contributed by atoms with Crippen molar-refractivity contribution in [3.63, 3.8) is 0 Å². The van der Waals surface area contributed by atoms with E-state index >= 15 is 0 Å². The van der Waals surface area contributed by atoms with Crippen LogP contribution in [-0.2, 0) is 4.74 Å². The number of morpholine rings is 1. The fraction of sp³-hybridized carbons (Fsp3) is 0.846. The maximum atomic E-state index is 10.3. The summed E-state index contributed by atoms with van der Waals surface area (Å²) in [4.78, 5) is 2.37. The minimum atomic E-state index is -0.509. The Kier molecular flexibility index (Phi) is 4.38. The quantitative estimate of drug-likeness (QED) is 0.740. The molecule has 1 heterocycles. The number of hydrogen-bond acceptors (Lipinski definition) is 3. The summed E-state index contributed by atoms with van der Waals surface area (Å²) in [7, 11) is 0. The van der Waals surface area contributed by atoms with Crippen LogP contribution in [-0.4, -0.2) is 48.5 Å². The lowest BCUT2D eigenvalue weighted by Crippen LogP contribution is -2.36. The van der Waals surface area contributed by atoms with Crippen LogP contribution in [0.15, 0.2) is 12.2 Å². The van der Waals surface area contributed by atoms with Crippen molar-refractivity contribution >= 4 is 0 Å². The van der Waals surface area contributed by atoms with Crippen molar-refractivity contribution in [2.75, 3.05) is 32.8 Å². The van der Waals surface area contributed by atoms with Crippen molar-refractivity contribution < 1.29 is 9.84 Å². The maximum Gasteiger partial charge on any atom is 0.0828 e. The van der Waals surface area contributed by atoms with Crippen LogP contribution in [0.4, 0.5) is 0 Å². The fourth-order valence-electron chi connectivity index (χ4n) is 2.54. The van der Waals surface area contributed by atoms with E-state index in [0.29, 0.717) is 0 Å². The summed E-state index contributed by atoms with van der Waals surface area (Å²) in [6, 6.07) is 0. The molecule has 2 fully saturated rings. The van der Waals surface area contributed by atoms with Crippen molar-refractivity contribution in [1.29, 1.82) is 0 Å². The van der Waals surface area contributed by atoms with E-state index in [0.717, 1.165) is 45.7 Å². The van der Waals surface area contributed by atoms with Crippen LogP contribution in [0.3, 0.4) is 0 Å². The fourth-order valence-corrected chi connectivity index (χ4v) is 2.54. The van der Waals surface area contributed by atoms with E-state index < -0.39 is 5.60 Å². The highest BCUT2D eigenvalue weighted by atomic mass is 16.5. The maximum absolute atomic E-state index is 10.3. The molecule has 0 radical (unpaired) electrons. The first kappa shape index (κ1) is 12.1. The summed E-state index contributed by atoms with van der Waals surface area (Å²) in [5.41, 5.74) is -0.509. The summed E-state index contributed by atoms with van der Waals surface area (Å²) in [6.45, 7) is 4.67. The van der Waals surface area contributed by atoms with Crippen molar-refractivity contribution in [2.24, 2.45) is 0 Å². The van der Waals surface area contributed by atoms with Gasteiger partial charge in [0.1, 0.15) is 0 Å². The van der Waals surface area contributed by atoms with Crippen LogP contribution < -0.4 is 0 Å². The zero-order chi connectivity index (χ0) is 11.3. The molecule has 1 saturated heterocycles. The van der Waals surface area contributed by atoms with E-state index in [-0.39, 0.29) is 0 Å². The van der Waals surface area contributed by atoms with Gasteiger partial charge < -0.3 is 9.84 Å². The van der Waals surface area contributed by atoms with Gasteiger partial charge in [-0.2, -0.15) is 0 Å². The Hall–Kier alpha value is -0.380. The topological polar surface area (TPSA) is 32.7 Å². The van der Waals surface area contributed by atoms with Gasteiger partial charge in [0.25, 0.3) is 0 Å². The summed E-state index contributed by atoms with van der Waals surface area (Å²) in [5.74, 6) is 0. The van der Waals surface area contributed by atoms with E-state index in [1.165, 1.54) is 19.3 Å². The third-order valence-corrected chi connectivity index (χ3v) is 3.61. The molecule has 2 aliphatic rings. The SMILES string of the molecule is OC1(/C=C/CN2CCOCC2)CCCCC1. The van der Waals surface area contributed by atoms with Gasteiger partial charge >= 0.3 is 0 Å². The van der Waals surface area contributed by atoms with Gasteiger partial charge in [0.2, 0.25) is 0 Å². The largest absolute Gasteiger partial charge is 0.386 e. The first-order chi connectivity index (χ1) is 7.79. The predicted molar refractivity (Wildman–Crippen MR) is 64.4 cm³/mol. The first-order valence-corrected chi connectivity index (χ1v) is 6.49. The van der Waals surface area contributed by atoms with Crippen LogP contribution in [0.5, 0.6) is 0 Å². The molecule has 0 atom stereocenters. The lowest BCUT2D eigenvalue weighted by Gasteiger charge is -2.30. The van der Waals surface area contributed by atoms with Crippen molar-refractivity contribution in [2.45, 2.75) is 37.7 Å². The smallest absolute Gasteiger partial charge is 0.0828 e. The van der Waals surface area contributed by atoms with E-state index in [1.54, 1.807) is 0 Å². The molecule has 1 N–H and O–H groups in total. The molecule has 0 aromatic rings. The third-order valence-electron chi connectivity index (χ3n) is 3.61. The molecule has 0 aromatic carbocycles. The van der Waals surface area contributed by atoms with Crippen molar-refractivity contribution in [3.8, 4) is 0 Å². The Morgan fingerprint density at radius 1 is 1.12 bits per heavy atom. The molecule has 0 spiro atoms. The van der Waals surface area contributed by atoms with E-state index in [2.05, 4.69) is 11.0 Å². The zero-order valence-corrected chi connectivity index (χ0v) is 10.0. The Morgan fingerprint density at radius 3 is 2.50 bits per heavy atom. The van der Waals surface area contributed by atoms with Crippen molar-refractivity contribution in [3.05, 3.63) is 12.2 Å². The predicted octanol–water partition coefficient (Wildman–Crippen LogP) is 1.57. The van der Waals surface area contributed by atoms with Gasteiger partial charge in [0.05, 0.1) is 18.8 Å². The monoisotopic (exact) mass is 225 g/mol. The minimum Gasteiger partial charge on any atom is -0.386 e. The third kappa shape index (κ3) is 3.58. The Balaban J connectivity index is 1.74. The minimum absolute atomic E-state index is 0.509. The molecular weight excluding hydrogens is 202 g/mol. The average Bonchev–Trinajstić information content (AvgIpc) is 2.31. The van der Waals surface area contributed by atoms with Crippen LogP contribution >= 0.6 is 0 Å². The molecule has 0 unspecified atom stereocenters. The lowest BCUT2D eigenvalue weighted by atomic mass is 9.85. The summed E-state index contributed by atoms with van der Waals surface area (Å²) in [6.07, 6.45) is 9.65. The van der Waals surface area contributed by atoms with Crippen LogP contribution in [0.25, 0.3) is 0 Å². The highest BCUT2D eigenvalue weighted by molar-refractivity contribution is 5.03. The zero-order valence-electron chi connectivity index (χ0n) is 10.0. The van der Waals surface area contributed by atoms with Gasteiger partial charge in [0, 0.05) is 19.6 Å². The Bertz CT molecular complexity index is 228. The highest BCUT2D eigenvalue weighted by Gasteiger charge is 2.25. The Morgan fingerprint density at radius 2 is 1.81 bits per heavy atom. The molecular formula is C13H23NO2. The number of hydrogen-bond donors (Lipinski definition) is 1. The van der Waals surface area contributed by atoms with Crippen LogP contribution in [0, 0.1) is 0 Å². The molecule has 0 bridgehead atoms. The molecule has 92 valence electrons. The molecule has 16 heavy (non-hydrogen) atoms. The van der Waals surface area contributed by atoms with Crippen molar-refractivity contribution in [1.82, 2.24) is 4.90 Å². The average molecular weight is 225 g/mol. The summed E-state index contributed by atoms with van der Waals surface area (Å²) in [5, 5.41) is 10.3. The Labute approximate surface area is 98.1 Å². The van der Waals surface area contributed by atoms with E-state index in [1.807, 2.05) is 6.08 Å². The summed E-state index contributed by atoms with van der Waals surface area (Å²) < 4.78 is 5.30. The van der Waals surface area contributed by atoms with Gasteiger partial charge in [0.15, 0.2) is 0 Å². The molecule has 0 amide bonds.